The van der Waals surface area contributed by atoms with Crippen LogP contribution in [0.5, 0.6) is 0 Å². The second kappa shape index (κ2) is 4.54. The first-order valence-electron chi connectivity index (χ1n) is 6.54. The summed E-state index contributed by atoms with van der Waals surface area (Å²) in [5, 5.41) is 3.57. The van der Waals surface area contributed by atoms with Crippen LogP contribution >= 0.6 is 0 Å². The first-order valence-corrected chi connectivity index (χ1v) is 6.54. The van der Waals surface area contributed by atoms with Gasteiger partial charge in [0, 0.05) is 25.2 Å². The minimum Gasteiger partial charge on any atom is -0.367 e. The molecule has 0 atom stereocenters. The average Bonchev–Trinajstić information content (AvgIpc) is 2.36. The molecule has 2 nitrogen and oxygen atoms in total. The smallest absolute Gasteiger partial charge is 0.146 e. The molecule has 0 unspecified atom stereocenters. The van der Waals surface area contributed by atoms with E-state index < -0.39 is 0 Å². The van der Waals surface area contributed by atoms with Crippen molar-refractivity contribution in [3.8, 4) is 0 Å². The summed E-state index contributed by atoms with van der Waals surface area (Å²) in [6.07, 6.45) is 0. The Morgan fingerprint density at radius 1 is 1.11 bits per heavy atom. The Labute approximate surface area is 109 Å². The van der Waals surface area contributed by atoms with Crippen LogP contribution in [-0.2, 0) is 0 Å². The van der Waals surface area contributed by atoms with E-state index in [0.29, 0.717) is 5.69 Å². The van der Waals surface area contributed by atoms with Crippen LogP contribution in [0.15, 0.2) is 24.3 Å². The first kappa shape index (κ1) is 13.3. The van der Waals surface area contributed by atoms with Gasteiger partial charge in [0.15, 0.2) is 0 Å². The summed E-state index contributed by atoms with van der Waals surface area (Å²) >= 11 is 0. The quantitative estimate of drug-likeness (QED) is 0.824. The van der Waals surface area contributed by atoms with Gasteiger partial charge < -0.3 is 10.2 Å². The van der Waals surface area contributed by atoms with Crippen molar-refractivity contribution in [3.05, 3.63) is 30.1 Å². The molecule has 100 valence electrons. The lowest BCUT2D eigenvalue weighted by Gasteiger charge is -2.33. The molecule has 0 aliphatic carbocycles. The third-order valence-corrected chi connectivity index (χ3v) is 3.44. The molecule has 18 heavy (non-hydrogen) atoms. The third-order valence-electron chi connectivity index (χ3n) is 3.44. The highest BCUT2D eigenvalue weighted by Crippen LogP contribution is 2.28. The third kappa shape index (κ3) is 3.02. The number of hydrogen-bond donors (Lipinski definition) is 1. The van der Waals surface area contributed by atoms with Crippen molar-refractivity contribution in [1.29, 1.82) is 0 Å². The molecule has 1 fully saturated rings. The zero-order chi connectivity index (χ0) is 13.4. The number of nitrogens with zero attached hydrogens (tertiary/aromatic N) is 1. The number of halogens is 1. The number of rotatable bonds is 1. The van der Waals surface area contributed by atoms with Gasteiger partial charge in [-0.15, -0.1) is 0 Å². The highest BCUT2D eigenvalue weighted by atomic mass is 19.1. The van der Waals surface area contributed by atoms with Gasteiger partial charge >= 0.3 is 0 Å². The fourth-order valence-corrected chi connectivity index (χ4v) is 2.52. The molecule has 0 bridgehead atoms. The van der Waals surface area contributed by atoms with Gasteiger partial charge in [0.2, 0.25) is 0 Å². The summed E-state index contributed by atoms with van der Waals surface area (Å²) in [7, 11) is 0. The second-order valence-corrected chi connectivity index (χ2v) is 6.71. The van der Waals surface area contributed by atoms with Crippen LogP contribution < -0.4 is 10.2 Å². The van der Waals surface area contributed by atoms with Crippen LogP contribution in [0.2, 0.25) is 0 Å². The SMILES string of the molecule is CC1(C)CNC(C)(C)CN(c2ccccc2F)C1. The van der Waals surface area contributed by atoms with Crippen LogP contribution in [0.25, 0.3) is 0 Å². The van der Waals surface area contributed by atoms with Crippen molar-refractivity contribution in [1.82, 2.24) is 5.32 Å². The molecule has 1 aromatic carbocycles. The second-order valence-electron chi connectivity index (χ2n) is 6.71. The fraction of sp³-hybridized carbons (Fsp3) is 0.600. The molecule has 3 heteroatoms. The Morgan fingerprint density at radius 3 is 2.44 bits per heavy atom. The fourth-order valence-electron chi connectivity index (χ4n) is 2.52. The molecule has 1 aliphatic rings. The van der Waals surface area contributed by atoms with E-state index in [9.17, 15) is 4.39 Å². The van der Waals surface area contributed by atoms with Crippen LogP contribution in [0.3, 0.4) is 0 Å². The Bertz CT molecular complexity index is 408. The van der Waals surface area contributed by atoms with Crippen molar-refractivity contribution in [2.45, 2.75) is 33.2 Å². The number of para-hydroxylation sites is 1. The molecule has 1 heterocycles. The lowest BCUT2D eigenvalue weighted by Crippen LogP contribution is -2.46. The zero-order valence-electron chi connectivity index (χ0n) is 11.8. The summed E-state index contributed by atoms with van der Waals surface area (Å²) in [4.78, 5) is 2.16. The van der Waals surface area contributed by atoms with Gasteiger partial charge in [-0.2, -0.15) is 0 Å². The molecule has 0 spiro atoms. The first-order chi connectivity index (χ1) is 8.29. The molecule has 0 amide bonds. The van der Waals surface area contributed by atoms with Crippen molar-refractivity contribution in [3.63, 3.8) is 0 Å². The molecule has 2 rings (SSSR count). The molecule has 0 aromatic heterocycles. The van der Waals surface area contributed by atoms with Crippen LogP contribution in [0.4, 0.5) is 10.1 Å². The van der Waals surface area contributed by atoms with E-state index in [1.807, 2.05) is 12.1 Å². The minimum absolute atomic E-state index is 0.00392. The molecule has 0 radical (unpaired) electrons. The van der Waals surface area contributed by atoms with E-state index in [1.54, 1.807) is 6.07 Å². The summed E-state index contributed by atoms with van der Waals surface area (Å²) < 4.78 is 13.9. The predicted molar refractivity (Wildman–Crippen MR) is 74.5 cm³/mol. The number of benzene rings is 1. The van der Waals surface area contributed by atoms with Gasteiger partial charge in [-0.1, -0.05) is 26.0 Å². The topological polar surface area (TPSA) is 15.3 Å². The Balaban J connectivity index is 2.33. The van der Waals surface area contributed by atoms with Gasteiger partial charge in [0.05, 0.1) is 5.69 Å². The van der Waals surface area contributed by atoms with Gasteiger partial charge in [0.1, 0.15) is 5.82 Å². The summed E-state index contributed by atoms with van der Waals surface area (Å²) in [5.74, 6) is -0.133. The van der Waals surface area contributed by atoms with Crippen LogP contribution in [0.1, 0.15) is 27.7 Å². The zero-order valence-corrected chi connectivity index (χ0v) is 11.8. The lowest BCUT2D eigenvalue weighted by atomic mass is 9.93. The van der Waals surface area contributed by atoms with Crippen molar-refractivity contribution >= 4 is 5.69 Å². The van der Waals surface area contributed by atoms with E-state index in [4.69, 9.17) is 0 Å². The number of nitrogens with one attached hydrogen (secondary N) is 1. The summed E-state index contributed by atoms with van der Waals surface area (Å²) in [5.41, 5.74) is 0.842. The maximum Gasteiger partial charge on any atom is 0.146 e. The van der Waals surface area contributed by atoms with Gasteiger partial charge in [-0.3, -0.25) is 0 Å². The maximum absolute atomic E-state index is 13.9. The van der Waals surface area contributed by atoms with E-state index in [1.165, 1.54) is 6.07 Å². The van der Waals surface area contributed by atoms with E-state index >= 15 is 0 Å². The molecular formula is C15H23FN2. The number of anilines is 1. The molecule has 1 N–H and O–H groups in total. The average molecular weight is 250 g/mol. The van der Waals surface area contributed by atoms with E-state index in [-0.39, 0.29) is 16.8 Å². The summed E-state index contributed by atoms with van der Waals surface area (Å²) in [6, 6.07) is 7.04. The van der Waals surface area contributed by atoms with Gasteiger partial charge in [0.25, 0.3) is 0 Å². The van der Waals surface area contributed by atoms with Crippen molar-refractivity contribution < 1.29 is 4.39 Å². The predicted octanol–water partition coefficient (Wildman–Crippen LogP) is 3.04. The summed E-state index contributed by atoms with van der Waals surface area (Å²) in [6.45, 7) is 11.4. The minimum atomic E-state index is -0.133. The lowest BCUT2D eigenvalue weighted by molar-refractivity contribution is 0.332. The van der Waals surface area contributed by atoms with Gasteiger partial charge in [-0.05, 0) is 31.4 Å². The van der Waals surface area contributed by atoms with E-state index in [2.05, 4.69) is 37.9 Å². The Hall–Kier alpha value is -1.09. The highest BCUT2D eigenvalue weighted by molar-refractivity contribution is 5.48. The Kier molecular flexibility index (Phi) is 3.37. The molecular weight excluding hydrogens is 227 g/mol. The monoisotopic (exact) mass is 250 g/mol. The number of hydrogen-bond acceptors (Lipinski definition) is 2. The Morgan fingerprint density at radius 2 is 1.78 bits per heavy atom. The normalized spacial score (nSPS) is 22.6. The van der Waals surface area contributed by atoms with E-state index in [0.717, 1.165) is 19.6 Å². The standard InChI is InChI=1S/C15H23FN2/c1-14(2)9-17-15(3,4)11-18(10-14)13-8-6-5-7-12(13)16/h5-8,17H,9-11H2,1-4H3. The maximum atomic E-state index is 13.9. The van der Waals surface area contributed by atoms with Crippen molar-refractivity contribution in [2.24, 2.45) is 5.41 Å². The largest absolute Gasteiger partial charge is 0.367 e. The van der Waals surface area contributed by atoms with Crippen LogP contribution in [-0.4, -0.2) is 25.2 Å². The highest BCUT2D eigenvalue weighted by Gasteiger charge is 2.33. The molecule has 0 saturated carbocycles. The van der Waals surface area contributed by atoms with Crippen LogP contribution in [0, 0.1) is 11.2 Å². The van der Waals surface area contributed by atoms with Gasteiger partial charge in [-0.25, -0.2) is 4.39 Å². The van der Waals surface area contributed by atoms with Crippen molar-refractivity contribution in [2.75, 3.05) is 24.5 Å². The molecule has 1 aromatic rings. The molecule has 1 saturated heterocycles. The molecule has 1 aliphatic heterocycles.